The zero-order chi connectivity index (χ0) is 16.1. The Morgan fingerprint density at radius 2 is 2.09 bits per heavy atom. The zero-order valence-electron chi connectivity index (χ0n) is 12.6. The summed E-state index contributed by atoms with van der Waals surface area (Å²) < 4.78 is 10.9. The summed E-state index contributed by atoms with van der Waals surface area (Å²) in [6.45, 7) is 1.04. The van der Waals surface area contributed by atoms with Crippen LogP contribution in [0.25, 0.3) is 11.1 Å². The first-order valence-corrected chi connectivity index (χ1v) is 6.95. The lowest BCUT2D eigenvalue weighted by atomic mass is 9.92. The number of aliphatic hydroxyl groups excluding tert-OH is 2. The Morgan fingerprint density at radius 3 is 2.68 bits per heavy atom. The molecule has 1 aliphatic rings. The van der Waals surface area contributed by atoms with Gasteiger partial charge in [0, 0.05) is 20.2 Å². The van der Waals surface area contributed by atoms with Crippen LogP contribution in [-0.4, -0.2) is 63.8 Å². The lowest BCUT2D eigenvalue weighted by Crippen LogP contribution is -2.43. The molecule has 2 aromatic heterocycles. The van der Waals surface area contributed by atoms with Gasteiger partial charge in [-0.3, -0.25) is 0 Å². The number of hydrogen-bond acceptors (Lipinski definition) is 8. The molecule has 8 heteroatoms. The zero-order valence-corrected chi connectivity index (χ0v) is 12.6. The molecule has 3 heterocycles. The molecule has 8 nitrogen and oxygen atoms in total. The van der Waals surface area contributed by atoms with Crippen LogP contribution in [-0.2, 0) is 4.74 Å². The Hall–Kier alpha value is -1.74. The molecule has 0 amide bonds. The Kier molecular flexibility index (Phi) is 3.56. The second kappa shape index (κ2) is 5.17. The van der Waals surface area contributed by atoms with E-state index in [2.05, 4.69) is 9.97 Å². The van der Waals surface area contributed by atoms with Gasteiger partial charge in [-0.1, -0.05) is 0 Å². The largest absolute Gasteiger partial charge is 0.459 e. The number of anilines is 1. The number of aromatic nitrogens is 2. The van der Waals surface area contributed by atoms with Crippen molar-refractivity contribution >= 4 is 16.9 Å². The van der Waals surface area contributed by atoms with Gasteiger partial charge < -0.3 is 29.4 Å². The average molecular weight is 309 g/mol. The van der Waals surface area contributed by atoms with Gasteiger partial charge in [0.05, 0.1) is 12.9 Å². The molecule has 1 saturated heterocycles. The summed E-state index contributed by atoms with van der Waals surface area (Å²) in [5, 5.41) is 29.9. The van der Waals surface area contributed by atoms with Gasteiger partial charge in [0.15, 0.2) is 17.2 Å². The molecule has 0 radical (unpaired) electrons. The number of furan rings is 1. The second-order valence-electron chi connectivity index (χ2n) is 5.84. The van der Waals surface area contributed by atoms with E-state index >= 15 is 0 Å². The van der Waals surface area contributed by atoms with Crippen LogP contribution >= 0.6 is 0 Å². The van der Waals surface area contributed by atoms with E-state index in [1.807, 2.05) is 14.1 Å². The van der Waals surface area contributed by atoms with Crippen molar-refractivity contribution in [2.45, 2.75) is 30.8 Å². The van der Waals surface area contributed by atoms with Gasteiger partial charge >= 0.3 is 0 Å². The van der Waals surface area contributed by atoms with Gasteiger partial charge in [0.2, 0.25) is 0 Å². The lowest BCUT2D eigenvalue weighted by Gasteiger charge is -2.26. The summed E-state index contributed by atoms with van der Waals surface area (Å²) in [7, 11) is 3.63. The lowest BCUT2D eigenvalue weighted by molar-refractivity contribution is -0.0673. The highest BCUT2D eigenvalue weighted by Gasteiger charge is 2.53. The first-order valence-electron chi connectivity index (χ1n) is 6.95. The molecule has 3 N–H and O–H groups in total. The summed E-state index contributed by atoms with van der Waals surface area (Å²) in [5.74, 6) is 0.781. The molecule has 3 rings (SSSR count). The predicted molar refractivity (Wildman–Crippen MR) is 77.5 cm³/mol. The summed E-state index contributed by atoms with van der Waals surface area (Å²) in [5.41, 5.74) is -0.491. The van der Waals surface area contributed by atoms with Crippen LogP contribution in [0.5, 0.6) is 0 Å². The monoisotopic (exact) mass is 309 g/mol. The quantitative estimate of drug-likeness (QED) is 0.716. The summed E-state index contributed by atoms with van der Waals surface area (Å²) in [4.78, 5) is 10.5. The molecular weight excluding hydrogens is 290 g/mol. The second-order valence-corrected chi connectivity index (χ2v) is 5.84. The number of fused-ring (bicyclic) bond motifs is 1. The highest BCUT2D eigenvalue weighted by Crippen LogP contribution is 2.41. The van der Waals surface area contributed by atoms with Crippen LogP contribution in [0.15, 0.2) is 16.7 Å². The SMILES string of the molecule is CN(C)c1nc(C2O[C@H](CO)[C@@H](O)[C@@]2(C)O)nc2ccoc12. The van der Waals surface area contributed by atoms with Crippen molar-refractivity contribution in [1.82, 2.24) is 9.97 Å². The number of rotatable bonds is 3. The van der Waals surface area contributed by atoms with Gasteiger partial charge in [0.25, 0.3) is 0 Å². The van der Waals surface area contributed by atoms with Crippen molar-refractivity contribution in [2.75, 3.05) is 25.6 Å². The van der Waals surface area contributed by atoms with Crippen molar-refractivity contribution < 1.29 is 24.5 Å². The molecular formula is C14H19N3O5. The minimum atomic E-state index is -1.60. The molecule has 0 aromatic carbocycles. The Morgan fingerprint density at radius 1 is 1.36 bits per heavy atom. The number of aliphatic hydroxyl groups is 3. The van der Waals surface area contributed by atoms with Crippen LogP contribution < -0.4 is 4.90 Å². The van der Waals surface area contributed by atoms with E-state index in [0.717, 1.165) is 0 Å². The summed E-state index contributed by atoms with van der Waals surface area (Å²) >= 11 is 0. The molecule has 0 bridgehead atoms. The van der Waals surface area contributed by atoms with Gasteiger partial charge in [-0.25, -0.2) is 9.97 Å². The highest BCUT2D eigenvalue weighted by atomic mass is 16.6. The fourth-order valence-corrected chi connectivity index (χ4v) is 2.67. The molecule has 0 saturated carbocycles. The molecule has 22 heavy (non-hydrogen) atoms. The summed E-state index contributed by atoms with van der Waals surface area (Å²) in [6.07, 6.45) is -1.55. The van der Waals surface area contributed by atoms with E-state index in [-0.39, 0.29) is 5.82 Å². The minimum absolute atomic E-state index is 0.234. The van der Waals surface area contributed by atoms with Gasteiger partial charge in [-0.2, -0.15) is 0 Å². The minimum Gasteiger partial charge on any atom is -0.459 e. The van der Waals surface area contributed by atoms with Crippen molar-refractivity contribution in [3.05, 3.63) is 18.2 Å². The van der Waals surface area contributed by atoms with Crippen LogP contribution in [0.1, 0.15) is 18.9 Å². The van der Waals surface area contributed by atoms with Crippen molar-refractivity contribution in [3.63, 3.8) is 0 Å². The fraction of sp³-hybridized carbons (Fsp3) is 0.571. The predicted octanol–water partition coefficient (Wildman–Crippen LogP) is -0.167. The van der Waals surface area contributed by atoms with Gasteiger partial charge in [0.1, 0.15) is 29.4 Å². The maximum atomic E-state index is 10.5. The molecule has 4 atom stereocenters. The molecule has 0 aliphatic carbocycles. The van der Waals surface area contributed by atoms with E-state index in [9.17, 15) is 15.3 Å². The third kappa shape index (κ3) is 2.15. The average Bonchev–Trinajstić information content (AvgIpc) is 3.02. The number of nitrogens with zero attached hydrogens (tertiary/aromatic N) is 3. The smallest absolute Gasteiger partial charge is 0.194 e. The van der Waals surface area contributed by atoms with E-state index in [0.29, 0.717) is 16.9 Å². The number of ether oxygens (including phenoxy) is 1. The molecule has 1 fully saturated rings. The van der Waals surface area contributed by atoms with E-state index in [1.165, 1.54) is 13.2 Å². The van der Waals surface area contributed by atoms with Crippen LogP contribution in [0.2, 0.25) is 0 Å². The normalized spacial score (nSPS) is 31.8. The first kappa shape index (κ1) is 15.2. The maximum absolute atomic E-state index is 10.5. The van der Waals surface area contributed by atoms with Gasteiger partial charge in [-0.05, 0) is 6.92 Å². The molecule has 120 valence electrons. The Bertz CT molecular complexity index is 684. The van der Waals surface area contributed by atoms with Gasteiger partial charge in [-0.15, -0.1) is 0 Å². The number of hydrogen-bond donors (Lipinski definition) is 3. The first-order chi connectivity index (χ1) is 10.4. The standard InChI is InChI=1S/C14H19N3O5/c1-14(20)10(19)8(6-18)22-11(14)12-15-7-4-5-21-9(7)13(16-12)17(2)3/h4-5,8,10-11,18-20H,6H2,1-3H3/t8-,10-,11?,14-/m1/s1. The third-order valence-corrected chi connectivity index (χ3v) is 3.93. The maximum Gasteiger partial charge on any atom is 0.194 e. The molecule has 2 aromatic rings. The summed E-state index contributed by atoms with van der Waals surface area (Å²) in [6, 6.07) is 1.69. The van der Waals surface area contributed by atoms with Crippen molar-refractivity contribution in [3.8, 4) is 0 Å². The van der Waals surface area contributed by atoms with Crippen LogP contribution in [0, 0.1) is 0 Å². The van der Waals surface area contributed by atoms with Crippen LogP contribution in [0.4, 0.5) is 5.82 Å². The molecule has 1 aliphatic heterocycles. The molecule has 1 unspecified atom stereocenters. The third-order valence-electron chi connectivity index (χ3n) is 3.93. The fourth-order valence-electron chi connectivity index (χ4n) is 2.67. The topological polar surface area (TPSA) is 112 Å². The van der Waals surface area contributed by atoms with E-state index in [1.54, 1.807) is 11.0 Å². The van der Waals surface area contributed by atoms with E-state index < -0.39 is 30.5 Å². The van der Waals surface area contributed by atoms with E-state index in [4.69, 9.17) is 9.15 Å². The van der Waals surface area contributed by atoms with Crippen LogP contribution in [0.3, 0.4) is 0 Å². The molecule has 0 spiro atoms. The van der Waals surface area contributed by atoms with Crippen molar-refractivity contribution in [1.29, 1.82) is 0 Å². The Labute approximate surface area is 127 Å². The van der Waals surface area contributed by atoms with Crippen molar-refractivity contribution in [2.24, 2.45) is 0 Å². The Balaban J connectivity index is 2.10. The highest BCUT2D eigenvalue weighted by molar-refractivity contribution is 5.83.